The first kappa shape index (κ1) is 19.4. The number of carbonyl (C=O) groups excluding carboxylic acids is 1. The van der Waals surface area contributed by atoms with Crippen LogP contribution in [0.4, 0.5) is 5.69 Å². The maximum Gasteiger partial charge on any atom is 0.251 e. The largest absolute Gasteiger partial charge is 0.378 e. The van der Waals surface area contributed by atoms with E-state index in [-0.39, 0.29) is 11.9 Å². The first-order valence-corrected chi connectivity index (χ1v) is 9.59. The van der Waals surface area contributed by atoms with Gasteiger partial charge < -0.3 is 19.9 Å². The van der Waals surface area contributed by atoms with E-state index in [1.54, 1.807) is 0 Å². The van der Waals surface area contributed by atoms with Crippen molar-refractivity contribution < 1.29 is 14.4 Å². The fourth-order valence-corrected chi connectivity index (χ4v) is 3.49. The van der Waals surface area contributed by atoms with Crippen molar-refractivity contribution in [1.82, 2.24) is 5.32 Å². The zero-order valence-corrected chi connectivity index (χ0v) is 16.5. The Kier molecular flexibility index (Phi) is 6.48. The molecule has 144 valence electrons. The first-order chi connectivity index (χ1) is 13.0. The summed E-state index contributed by atoms with van der Waals surface area (Å²) in [6.45, 7) is 6.10. The van der Waals surface area contributed by atoms with Gasteiger partial charge in [-0.2, -0.15) is 0 Å². The molecule has 0 bridgehead atoms. The number of morpholine rings is 1. The molecule has 27 heavy (non-hydrogen) atoms. The zero-order valence-electron chi connectivity index (χ0n) is 16.5. The highest BCUT2D eigenvalue weighted by Gasteiger charge is 2.27. The molecular weight excluding hydrogens is 338 g/mol. The summed E-state index contributed by atoms with van der Waals surface area (Å²) in [4.78, 5) is 16.1. The summed E-state index contributed by atoms with van der Waals surface area (Å²) in [5.74, 6) is -0.0161. The number of ether oxygens (including phenoxy) is 1. The van der Waals surface area contributed by atoms with E-state index in [1.165, 1.54) is 16.2 Å². The number of amides is 1. The van der Waals surface area contributed by atoms with Crippen LogP contribution in [-0.2, 0) is 4.74 Å². The monoisotopic (exact) mass is 368 g/mol. The number of benzene rings is 2. The molecule has 5 heteroatoms. The van der Waals surface area contributed by atoms with Crippen LogP contribution in [0.5, 0.6) is 0 Å². The highest BCUT2D eigenvalue weighted by molar-refractivity contribution is 5.94. The van der Waals surface area contributed by atoms with Gasteiger partial charge >= 0.3 is 0 Å². The van der Waals surface area contributed by atoms with Crippen LogP contribution in [0.15, 0.2) is 48.5 Å². The maximum absolute atomic E-state index is 12.6. The molecule has 0 unspecified atom stereocenters. The molecule has 0 aromatic heterocycles. The van der Waals surface area contributed by atoms with Crippen molar-refractivity contribution in [3.05, 3.63) is 65.2 Å². The van der Waals surface area contributed by atoms with E-state index in [0.717, 1.165) is 31.9 Å². The van der Waals surface area contributed by atoms with Crippen LogP contribution in [0.2, 0.25) is 0 Å². The van der Waals surface area contributed by atoms with Crippen molar-refractivity contribution >= 4 is 11.6 Å². The number of anilines is 1. The Balaban J connectivity index is 1.73. The van der Waals surface area contributed by atoms with Crippen LogP contribution in [0, 0.1) is 6.92 Å². The van der Waals surface area contributed by atoms with Gasteiger partial charge in [0.15, 0.2) is 0 Å². The molecule has 2 aromatic carbocycles. The minimum atomic E-state index is -0.0161. The molecule has 1 aliphatic rings. The maximum atomic E-state index is 12.6. The van der Waals surface area contributed by atoms with Crippen LogP contribution >= 0.6 is 0 Å². The molecule has 1 saturated heterocycles. The zero-order chi connectivity index (χ0) is 19.2. The predicted molar refractivity (Wildman–Crippen MR) is 109 cm³/mol. The van der Waals surface area contributed by atoms with Gasteiger partial charge in [0.25, 0.3) is 5.91 Å². The van der Waals surface area contributed by atoms with Gasteiger partial charge in [-0.25, -0.2) is 0 Å². The highest BCUT2D eigenvalue weighted by Crippen LogP contribution is 2.16. The number of nitrogens with zero attached hydrogens (tertiary/aromatic N) is 1. The molecule has 1 amide bonds. The standard InChI is InChI=1S/C22H29N3O2/c1-17-4-6-19(7-5-17)22(26)23-16-21(25-12-14-27-15-13-25)18-8-10-20(11-9-18)24(2)3/h4-11,21H,12-16H2,1-3H3,(H,23,26)/p+1/t21-/m1/s1. The Morgan fingerprint density at radius 1 is 1.07 bits per heavy atom. The Labute approximate surface area is 161 Å². The van der Waals surface area contributed by atoms with Crippen LogP contribution in [-0.4, -0.2) is 52.9 Å². The second kappa shape index (κ2) is 9.02. The third kappa shape index (κ3) is 5.08. The van der Waals surface area contributed by atoms with E-state index in [1.807, 2.05) is 45.3 Å². The fourth-order valence-electron chi connectivity index (χ4n) is 3.49. The molecule has 1 fully saturated rings. The summed E-state index contributed by atoms with van der Waals surface area (Å²) in [5.41, 5.74) is 4.29. The smallest absolute Gasteiger partial charge is 0.251 e. The van der Waals surface area contributed by atoms with E-state index in [4.69, 9.17) is 4.74 Å². The number of aryl methyl sites for hydroxylation is 1. The number of nitrogens with one attached hydrogen (secondary N) is 2. The van der Waals surface area contributed by atoms with Crippen LogP contribution < -0.4 is 15.1 Å². The van der Waals surface area contributed by atoms with Gasteiger partial charge in [0.2, 0.25) is 0 Å². The Morgan fingerprint density at radius 3 is 2.30 bits per heavy atom. The number of rotatable bonds is 6. The molecule has 1 atom stereocenters. The van der Waals surface area contributed by atoms with Crippen molar-refractivity contribution in [2.75, 3.05) is 51.8 Å². The summed E-state index contributed by atoms with van der Waals surface area (Å²) in [5, 5.41) is 3.14. The molecule has 0 aliphatic carbocycles. The summed E-state index contributed by atoms with van der Waals surface area (Å²) < 4.78 is 5.53. The molecule has 1 heterocycles. The lowest BCUT2D eigenvalue weighted by atomic mass is 10.0. The lowest BCUT2D eigenvalue weighted by Crippen LogP contribution is -3.15. The Hall–Kier alpha value is -2.37. The number of carbonyl (C=O) groups is 1. The first-order valence-electron chi connectivity index (χ1n) is 9.59. The van der Waals surface area contributed by atoms with Crippen LogP contribution in [0.3, 0.4) is 0 Å². The predicted octanol–water partition coefficient (Wildman–Crippen LogP) is 1.45. The van der Waals surface area contributed by atoms with E-state index in [2.05, 4.69) is 34.5 Å². The molecule has 2 N–H and O–H groups in total. The normalized spacial score (nSPS) is 16.0. The summed E-state index contributed by atoms with van der Waals surface area (Å²) in [6.07, 6.45) is 0. The Morgan fingerprint density at radius 2 is 1.70 bits per heavy atom. The average Bonchev–Trinajstić information content (AvgIpc) is 2.69. The van der Waals surface area contributed by atoms with E-state index in [9.17, 15) is 4.79 Å². The number of quaternary nitrogens is 1. The van der Waals surface area contributed by atoms with E-state index >= 15 is 0 Å². The summed E-state index contributed by atoms with van der Waals surface area (Å²) in [7, 11) is 4.09. The van der Waals surface area contributed by atoms with Gasteiger partial charge in [-0.3, -0.25) is 4.79 Å². The van der Waals surface area contributed by atoms with Crippen LogP contribution in [0.1, 0.15) is 27.5 Å². The quantitative estimate of drug-likeness (QED) is 0.811. The fraction of sp³-hybridized carbons (Fsp3) is 0.409. The topological polar surface area (TPSA) is 46.0 Å². The third-order valence-corrected chi connectivity index (χ3v) is 5.22. The lowest BCUT2D eigenvalue weighted by molar-refractivity contribution is -0.937. The summed E-state index contributed by atoms with van der Waals surface area (Å²) in [6, 6.07) is 16.6. The van der Waals surface area contributed by atoms with Gasteiger partial charge in [0.05, 0.1) is 19.8 Å². The molecule has 5 nitrogen and oxygen atoms in total. The molecule has 0 spiro atoms. The van der Waals surface area contributed by atoms with Crippen molar-refractivity contribution in [2.45, 2.75) is 13.0 Å². The van der Waals surface area contributed by atoms with Crippen molar-refractivity contribution in [2.24, 2.45) is 0 Å². The highest BCUT2D eigenvalue weighted by atomic mass is 16.5. The number of hydrogen-bond donors (Lipinski definition) is 2. The molecule has 3 rings (SSSR count). The average molecular weight is 369 g/mol. The minimum absolute atomic E-state index is 0.0161. The van der Waals surface area contributed by atoms with Gasteiger partial charge in [-0.05, 0) is 31.2 Å². The second-order valence-electron chi connectivity index (χ2n) is 7.39. The second-order valence-corrected chi connectivity index (χ2v) is 7.39. The van der Waals surface area contributed by atoms with E-state index < -0.39 is 0 Å². The van der Waals surface area contributed by atoms with Crippen molar-refractivity contribution in [1.29, 1.82) is 0 Å². The number of hydrogen-bond acceptors (Lipinski definition) is 3. The molecule has 1 aliphatic heterocycles. The molecular formula is C22H30N3O2+. The third-order valence-electron chi connectivity index (χ3n) is 5.22. The van der Waals surface area contributed by atoms with E-state index in [0.29, 0.717) is 12.1 Å². The molecule has 0 saturated carbocycles. The lowest BCUT2D eigenvalue weighted by Gasteiger charge is -2.32. The molecule has 0 radical (unpaired) electrons. The van der Waals surface area contributed by atoms with Gasteiger partial charge in [0.1, 0.15) is 19.1 Å². The minimum Gasteiger partial charge on any atom is -0.378 e. The SMILES string of the molecule is Cc1ccc(C(=O)NC[C@H](c2ccc(N(C)C)cc2)[NH+]2CCOCC2)cc1. The van der Waals surface area contributed by atoms with Gasteiger partial charge in [0, 0.05) is 30.9 Å². The van der Waals surface area contributed by atoms with Crippen LogP contribution in [0.25, 0.3) is 0 Å². The van der Waals surface area contributed by atoms with Crippen molar-refractivity contribution in [3.8, 4) is 0 Å². The van der Waals surface area contributed by atoms with Crippen molar-refractivity contribution in [3.63, 3.8) is 0 Å². The molecule has 2 aromatic rings. The van der Waals surface area contributed by atoms with Gasteiger partial charge in [-0.1, -0.05) is 29.8 Å². The summed E-state index contributed by atoms with van der Waals surface area (Å²) >= 11 is 0. The van der Waals surface area contributed by atoms with Gasteiger partial charge in [-0.15, -0.1) is 0 Å². The Bertz CT molecular complexity index is 735.